The SMILES string of the molecule is COC(=O)[C@@H](C[C@@H](O[Si](C)(C)C(C)(C)C)C(=O)OC)CP(=O)(OCc1ccccc1)OCc1ccccc1.COC(=O)[C@H](C[C@@H](O[Si](C)(C)C(C)(C)C)C(=O)OC)CP(=O)(OCc1ccccc1)OCc1ccccc1. The van der Waals surface area contributed by atoms with Gasteiger partial charge in [0.2, 0.25) is 0 Å². The first kappa shape index (κ1) is 65.7. The fraction of sp³-hybridized carbons (Fsp3) is 0.500. The lowest BCUT2D eigenvalue weighted by Crippen LogP contribution is -2.47. The van der Waals surface area contributed by atoms with E-state index in [0.717, 1.165) is 22.3 Å². The maximum absolute atomic E-state index is 14.1. The highest BCUT2D eigenvalue weighted by Gasteiger charge is 2.46. The minimum atomic E-state index is -3.85. The highest BCUT2D eigenvalue weighted by atomic mass is 31.2. The van der Waals surface area contributed by atoms with E-state index in [-0.39, 0.29) is 61.7 Å². The van der Waals surface area contributed by atoms with Crippen LogP contribution in [0.1, 0.15) is 76.6 Å². The van der Waals surface area contributed by atoms with Crippen LogP contribution in [0.3, 0.4) is 0 Å². The molecule has 20 heteroatoms. The van der Waals surface area contributed by atoms with Crippen molar-refractivity contribution in [1.82, 2.24) is 0 Å². The third-order valence-corrected chi connectivity index (χ3v) is 26.3. The smallest absolute Gasteiger partial charge is 0.333 e. The van der Waals surface area contributed by atoms with Crippen LogP contribution < -0.4 is 0 Å². The minimum Gasteiger partial charge on any atom is -0.469 e. The second-order valence-electron chi connectivity index (χ2n) is 21.3. The summed E-state index contributed by atoms with van der Waals surface area (Å²) in [6.45, 7) is 20.4. The van der Waals surface area contributed by atoms with Gasteiger partial charge in [-0.1, -0.05) is 163 Å². The Bertz CT molecular complexity index is 2220. The van der Waals surface area contributed by atoms with Gasteiger partial charge in [-0.3, -0.25) is 18.7 Å². The van der Waals surface area contributed by atoms with Gasteiger partial charge in [-0.2, -0.15) is 0 Å². The number of carbonyl (C=O) groups excluding carboxylic acids is 4. The van der Waals surface area contributed by atoms with Gasteiger partial charge in [0.1, 0.15) is 12.2 Å². The molecule has 420 valence electrons. The Labute approximate surface area is 453 Å². The standard InChI is InChI=1S/2C28H41O8PSi/c2*1-28(2,3)38(6,7)36-25(27(30)33-5)18-24(26(29)32-4)21-37(31,34-19-22-14-10-8-11-15-22)35-20-23-16-12-9-13-17-23/h2*8-17,24-25H,18-21H2,1-7H3/t24-,25+;24-,25-/m01/s1. The van der Waals surface area contributed by atoms with E-state index < -0.39 is 79.7 Å². The highest BCUT2D eigenvalue weighted by Crippen LogP contribution is 2.54. The molecule has 0 N–H and O–H groups in total. The van der Waals surface area contributed by atoms with Crippen molar-refractivity contribution < 1.29 is 74.2 Å². The van der Waals surface area contributed by atoms with E-state index in [4.69, 9.17) is 45.9 Å². The number of ether oxygens (including phenoxy) is 4. The van der Waals surface area contributed by atoms with Gasteiger partial charge >= 0.3 is 39.1 Å². The normalized spacial score (nSPS) is 14.0. The summed E-state index contributed by atoms with van der Waals surface area (Å²) in [6, 6.07) is 37.1. The number of carbonyl (C=O) groups is 4. The van der Waals surface area contributed by atoms with Crippen LogP contribution in [0, 0.1) is 11.8 Å². The van der Waals surface area contributed by atoms with Crippen molar-refractivity contribution in [2.45, 2.75) is 129 Å². The predicted octanol–water partition coefficient (Wildman–Crippen LogP) is 12.7. The zero-order valence-electron chi connectivity index (χ0n) is 46.9. The van der Waals surface area contributed by atoms with E-state index in [9.17, 15) is 28.3 Å². The summed E-state index contributed by atoms with van der Waals surface area (Å²) < 4.78 is 84.3. The first-order valence-electron chi connectivity index (χ1n) is 25.2. The molecule has 4 aromatic rings. The summed E-state index contributed by atoms with van der Waals surface area (Å²) in [6.07, 6.45) is -2.82. The van der Waals surface area contributed by atoms with E-state index in [1.807, 2.05) is 189 Å². The third kappa shape index (κ3) is 22.0. The van der Waals surface area contributed by atoms with Crippen LogP contribution in [0.25, 0.3) is 0 Å². The van der Waals surface area contributed by atoms with Gasteiger partial charge in [-0.05, 0) is 71.4 Å². The largest absolute Gasteiger partial charge is 0.469 e. The van der Waals surface area contributed by atoms with Gasteiger partial charge in [0.25, 0.3) is 0 Å². The second kappa shape index (κ2) is 30.5. The summed E-state index contributed by atoms with van der Waals surface area (Å²) in [5.74, 6) is -4.46. The Hall–Kier alpha value is -4.59. The summed E-state index contributed by atoms with van der Waals surface area (Å²) in [7, 11) is -7.50. The Kier molecular flexibility index (Phi) is 26.4. The lowest BCUT2D eigenvalue weighted by Gasteiger charge is -2.39. The molecule has 0 aliphatic rings. The first-order chi connectivity index (χ1) is 35.6. The van der Waals surface area contributed by atoms with Crippen molar-refractivity contribution in [1.29, 1.82) is 0 Å². The topological polar surface area (TPSA) is 195 Å². The van der Waals surface area contributed by atoms with Crippen LogP contribution in [0.4, 0.5) is 0 Å². The minimum absolute atomic E-state index is 0.0295. The molecular weight excluding hydrogens is 1050 g/mol. The fourth-order valence-corrected chi connectivity index (χ4v) is 13.0. The quantitative estimate of drug-likeness (QED) is 0.0225. The van der Waals surface area contributed by atoms with Crippen LogP contribution in [0.15, 0.2) is 121 Å². The molecule has 0 bridgehead atoms. The van der Waals surface area contributed by atoms with Crippen LogP contribution >= 0.6 is 15.2 Å². The lowest BCUT2D eigenvalue weighted by molar-refractivity contribution is -0.154. The van der Waals surface area contributed by atoms with Crippen LogP contribution in [-0.2, 0) is 101 Å². The second-order valence-corrected chi connectivity index (χ2v) is 35.0. The van der Waals surface area contributed by atoms with E-state index in [2.05, 4.69) is 0 Å². The molecule has 0 saturated heterocycles. The summed E-state index contributed by atoms with van der Waals surface area (Å²) in [5, 5.41) is -0.375. The molecule has 76 heavy (non-hydrogen) atoms. The first-order valence-corrected chi connectivity index (χ1v) is 34.5. The summed E-state index contributed by atoms with van der Waals surface area (Å²) in [4.78, 5) is 51.3. The molecule has 4 rings (SSSR count). The molecule has 0 aliphatic carbocycles. The Balaban J connectivity index is 0.000000400. The predicted molar refractivity (Wildman–Crippen MR) is 298 cm³/mol. The number of methoxy groups -OCH3 is 4. The van der Waals surface area contributed by atoms with Crippen molar-refractivity contribution in [3.63, 3.8) is 0 Å². The molecular formula is C56H82O16P2Si2. The van der Waals surface area contributed by atoms with Gasteiger partial charge in [0, 0.05) is 0 Å². The Morgan fingerprint density at radius 3 is 0.829 bits per heavy atom. The summed E-state index contributed by atoms with van der Waals surface area (Å²) in [5.41, 5.74) is 3.22. The van der Waals surface area contributed by atoms with E-state index in [0.29, 0.717) is 0 Å². The number of hydrogen-bond acceptors (Lipinski definition) is 16. The molecule has 0 saturated carbocycles. The molecule has 4 atom stereocenters. The maximum atomic E-state index is 14.1. The van der Waals surface area contributed by atoms with Gasteiger partial charge in [0.15, 0.2) is 16.6 Å². The van der Waals surface area contributed by atoms with Gasteiger partial charge in [0.05, 0.1) is 79.0 Å². The Morgan fingerprint density at radius 1 is 0.408 bits per heavy atom. The van der Waals surface area contributed by atoms with Crippen molar-refractivity contribution in [2.75, 3.05) is 40.8 Å². The van der Waals surface area contributed by atoms with Crippen molar-refractivity contribution in [3.05, 3.63) is 144 Å². The van der Waals surface area contributed by atoms with Crippen LogP contribution in [-0.4, -0.2) is 93.5 Å². The zero-order valence-corrected chi connectivity index (χ0v) is 50.7. The van der Waals surface area contributed by atoms with Gasteiger partial charge in [-0.25, -0.2) is 9.59 Å². The average Bonchev–Trinajstić information content (AvgIpc) is 3.39. The Morgan fingerprint density at radius 2 is 0.632 bits per heavy atom. The highest BCUT2D eigenvalue weighted by molar-refractivity contribution is 7.54. The van der Waals surface area contributed by atoms with Gasteiger partial charge in [-0.15, -0.1) is 0 Å². The summed E-state index contributed by atoms with van der Waals surface area (Å²) >= 11 is 0. The number of esters is 4. The number of benzene rings is 4. The van der Waals surface area contributed by atoms with E-state index in [1.54, 1.807) is 0 Å². The number of rotatable bonds is 28. The monoisotopic (exact) mass is 1130 g/mol. The number of hydrogen-bond donors (Lipinski definition) is 0. The molecule has 0 heterocycles. The molecule has 0 aliphatic heterocycles. The average molecular weight is 1130 g/mol. The van der Waals surface area contributed by atoms with E-state index >= 15 is 0 Å². The molecule has 0 radical (unpaired) electrons. The maximum Gasteiger partial charge on any atom is 0.333 e. The lowest BCUT2D eigenvalue weighted by atomic mass is 10.0. The van der Waals surface area contributed by atoms with Crippen molar-refractivity contribution in [3.8, 4) is 0 Å². The zero-order chi connectivity index (χ0) is 56.8. The van der Waals surface area contributed by atoms with Crippen LogP contribution in [0.2, 0.25) is 36.3 Å². The van der Waals surface area contributed by atoms with E-state index in [1.165, 1.54) is 28.4 Å². The molecule has 4 aromatic carbocycles. The van der Waals surface area contributed by atoms with Gasteiger partial charge < -0.3 is 45.9 Å². The van der Waals surface area contributed by atoms with Crippen molar-refractivity contribution in [2.24, 2.45) is 11.8 Å². The molecule has 0 aromatic heterocycles. The fourth-order valence-electron chi connectivity index (χ4n) is 6.87. The van der Waals surface area contributed by atoms with Crippen molar-refractivity contribution >= 4 is 55.7 Å². The molecule has 0 amide bonds. The third-order valence-electron chi connectivity index (χ3n) is 13.5. The molecule has 16 nitrogen and oxygen atoms in total. The molecule has 0 spiro atoms. The molecule has 0 unspecified atom stereocenters. The molecule has 0 fully saturated rings. The van der Waals surface area contributed by atoms with Crippen LogP contribution in [0.5, 0.6) is 0 Å².